The van der Waals surface area contributed by atoms with Gasteiger partial charge in [0.15, 0.2) is 0 Å². The lowest BCUT2D eigenvalue weighted by Crippen LogP contribution is -2.48. The van der Waals surface area contributed by atoms with Crippen LogP contribution in [0.25, 0.3) is 0 Å². The number of carbonyl (C=O) groups excluding carboxylic acids is 1. The minimum absolute atomic E-state index is 0.0569. The van der Waals surface area contributed by atoms with Crippen LogP contribution in [0.15, 0.2) is 78.1 Å². The number of nitrogens with zero attached hydrogens (tertiary/aromatic N) is 4. The van der Waals surface area contributed by atoms with Crippen LogP contribution in [0, 0.1) is 0 Å². The quantitative estimate of drug-likeness (QED) is 0.606. The highest BCUT2D eigenvalue weighted by Crippen LogP contribution is 2.36. The van der Waals surface area contributed by atoms with Crippen molar-refractivity contribution in [2.45, 2.75) is 42.3 Å². The van der Waals surface area contributed by atoms with E-state index < -0.39 is 21.7 Å². The van der Waals surface area contributed by atoms with Crippen LogP contribution in [0.4, 0.5) is 0 Å². The Bertz CT molecular complexity index is 1250. The zero-order valence-corrected chi connectivity index (χ0v) is 19.6. The smallest absolute Gasteiger partial charge is 0.243 e. The summed E-state index contributed by atoms with van der Waals surface area (Å²) in [6.45, 7) is 1.66. The van der Waals surface area contributed by atoms with E-state index in [2.05, 4.69) is 4.98 Å². The van der Waals surface area contributed by atoms with E-state index in [9.17, 15) is 18.3 Å². The number of pyridine rings is 1. The molecule has 8 nitrogen and oxygen atoms in total. The Hall–Kier alpha value is -3.01. The molecule has 1 aromatic carbocycles. The molecule has 9 heteroatoms. The lowest BCUT2D eigenvalue weighted by atomic mass is 9.85. The second-order valence-corrected chi connectivity index (χ2v) is 10.8. The molecule has 2 aliphatic rings. The summed E-state index contributed by atoms with van der Waals surface area (Å²) in [5.41, 5.74) is 0.572. The molecular formula is C25H28N4O4S. The van der Waals surface area contributed by atoms with Gasteiger partial charge in [-0.1, -0.05) is 24.3 Å². The average molecular weight is 481 g/mol. The number of sulfonamides is 1. The largest absolute Gasteiger partial charge is 0.385 e. The Morgan fingerprint density at radius 3 is 2.47 bits per heavy atom. The maximum Gasteiger partial charge on any atom is 0.243 e. The van der Waals surface area contributed by atoms with Crippen LogP contribution in [0.2, 0.25) is 0 Å². The lowest BCUT2D eigenvalue weighted by Gasteiger charge is -2.40. The van der Waals surface area contributed by atoms with E-state index in [0.29, 0.717) is 39.0 Å². The molecule has 0 saturated carbocycles. The van der Waals surface area contributed by atoms with Crippen LogP contribution in [0.5, 0.6) is 0 Å². The molecular weight excluding hydrogens is 452 g/mol. The van der Waals surface area contributed by atoms with E-state index in [4.69, 9.17) is 0 Å². The second-order valence-electron chi connectivity index (χ2n) is 8.93. The van der Waals surface area contributed by atoms with Crippen LogP contribution in [0.1, 0.15) is 36.6 Å². The molecule has 1 saturated heterocycles. The molecule has 0 aliphatic carbocycles. The van der Waals surface area contributed by atoms with Crippen LogP contribution in [-0.2, 0) is 27.0 Å². The average Bonchev–Trinajstić information content (AvgIpc) is 3.35. The van der Waals surface area contributed by atoms with E-state index in [1.165, 1.54) is 4.31 Å². The molecule has 4 heterocycles. The molecule has 2 aromatic heterocycles. The number of amides is 1. The van der Waals surface area contributed by atoms with Crippen molar-refractivity contribution in [2.75, 3.05) is 19.6 Å². The minimum atomic E-state index is -3.76. The number of rotatable bonds is 5. The van der Waals surface area contributed by atoms with Gasteiger partial charge in [0.25, 0.3) is 0 Å². The third-order valence-corrected chi connectivity index (χ3v) is 8.90. The first-order valence-electron chi connectivity index (χ1n) is 11.5. The SMILES string of the molecule is O=C(CC1c2cccn2CCN1S(=O)(=O)c1ccccc1)N1CCC(O)(c2cccnc2)CC1. The fraction of sp³-hybridized carbons (Fsp3) is 0.360. The van der Waals surface area contributed by atoms with E-state index in [-0.39, 0.29) is 17.2 Å². The van der Waals surface area contributed by atoms with E-state index in [1.807, 2.05) is 29.0 Å². The molecule has 0 spiro atoms. The molecule has 34 heavy (non-hydrogen) atoms. The fourth-order valence-corrected chi connectivity index (χ4v) is 6.62. The third kappa shape index (κ3) is 4.15. The number of hydrogen-bond donors (Lipinski definition) is 1. The van der Waals surface area contributed by atoms with Crippen LogP contribution >= 0.6 is 0 Å². The van der Waals surface area contributed by atoms with Crippen LogP contribution in [-0.4, -0.2) is 57.8 Å². The van der Waals surface area contributed by atoms with Crippen molar-refractivity contribution in [3.05, 3.63) is 84.4 Å². The number of aromatic nitrogens is 2. The Balaban J connectivity index is 1.35. The zero-order valence-electron chi connectivity index (χ0n) is 18.8. The van der Waals surface area contributed by atoms with Crippen LogP contribution in [0.3, 0.4) is 0 Å². The van der Waals surface area contributed by atoms with Crippen molar-refractivity contribution in [3.63, 3.8) is 0 Å². The standard InChI is InChI=1S/C25H28N4O4S/c30-24(28-14-10-25(31,11-15-28)20-6-4-12-26-19-20)18-23-22-9-5-13-27(22)16-17-29(23)34(32,33)21-7-2-1-3-8-21/h1-9,12-13,19,23,31H,10-11,14-18H2. The number of likely N-dealkylation sites (tertiary alicyclic amines) is 1. The van der Waals surface area contributed by atoms with Gasteiger partial charge >= 0.3 is 0 Å². The number of carbonyl (C=O) groups is 1. The lowest BCUT2D eigenvalue weighted by molar-refractivity contribution is -0.137. The predicted octanol–water partition coefficient (Wildman–Crippen LogP) is 2.53. The van der Waals surface area contributed by atoms with Crippen molar-refractivity contribution in [1.29, 1.82) is 0 Å². The summed E-state index contributed by atoms with van der Waals surface area (Å²) in [5.74, 6) is -0.110. The number of fused-ring (bicyclic) bond motifs is 1. The van der Waals surface area contributed by atoms with Crippen molar-refractivity contribution in [3.8, 4) is 0 Å². The van der Waals surface area contributed by atoms with Crippen molar-refractivity contribution < 1.29 is 18.3 Å². The van der Waals surface area contributed by atoms with Gasteiger partial charge in [-0.3, -0.25) is 9.78 Å². The van der Waals surface area contributed by atoms with Gasteiger partial charge in [0.2, 0.25) is 15.9 Å². The van der Waals surface area contributed by atoms with Gasteiger partial charge in [0.1, 0.15) is 0 Å². The van der Waals surface area contributed by atoms with E-state index in [1.54, 1.807) is 53.7 Å². The first kappa shape index (κ1) is 22.8. The number of benzene rings is 1. The molecule has 1 fully saturated rings. The van der Waals surface area contributed by atoms with E-state index >= 15 is 0 Å². The Kier molecular flexibility index (Phi) is 6.01. The highest BCUT2D eigenvalue weighted by Gasteiger charge is 2.40. The van der Waals surface area contributed by atoms with Gasteiger partial charge in [-0.05, 0) is 43.2 Å². The molecule has 1 unspecified atom stereocenters. The molecule has 5 rings (SSSR count). The molecule has 178 valence electrons. The highest BCUT2D eigenvalue weighted by atomic mass is 32.2. The fourth-order valence-electron chi connectivity index (χ4n) is 5.01. The third-order valence-electron chi connectivity index (χ3n) is 6.97. The van der Waals surface area contributed by atoms with Gasteiger partial charge in [-0.25, -0.2) is 8.42 Å². The summed E-state index contributed by atoms with van der Waals surface area (Å²) in [7, 11) is -3.76. The van der Waals surface area contributed by atoms with Gasteiger partial charge in [-0.15, -0.1) is 0 Å². The van der Waals surface area contributed by atoms with Crippen molar-refractivity contribution in [1.82, 2.24) is 18.8 Å². The molecule has 1 N–H and O–H groups in total. The second kappa shape index (κ2) is 8.98. The molecule has 0 radical (unpaired) electrons. The normalized spacial score (nSPS) is 20.6. The Labute approximate surface area is 199 Å². The Morgan fingerprint density at radius 1 is 1.00 bits per heavy atom. The number of hydrogen-bond acceptors (Lipinski definition) is 5. The minimum Gasteiger partial charge on any atom is -0.385 e. The highest BCUT2D eigenvalue weighted by molar-refractivity contribution is 7.89. The topological polar surface area (TPSA) is 95.7 Å². The van der Waals surface area contributed by atoms with Gasteiger partial charge in [0, 0.05) is 62.4 Å². The molecule has 2 aliphatic heterocycles. The Morgan fingerprint density at radius 2 is 1.76 bits per heavy atom. The number of aliphatic hydroxyl groups is 1. The van der Waals surface area contributed by atoms with Crippen LogP contribution < -0.4 is 0 Å². The monoisotopic (exact) mass is 480 g/mol. The summed E-state index contributed by atoms with van der Waals surface area (Å²) in [6.07, 6.45) is 6.14. The molecule has 1 amide bonds. The van der Waals surface area contributed by atoms with Gasteiger partial charge < -0.3 is 14.6 Å². The first-order valence-corrected chi connectivity index (χ1v) is 13.0. The summed E-state index contributed by atoms with van der Waals surface area (Å²) < 4.78 is 30.4. The molecule has 3 aromatic rings. The summed E-state index contributed by atoms with van der Waals surface area (Å²) in [4.78, 5) is 19.4. The van der Waals surface area contributed by atoms with Gasteiger partial charge in [0.05, 0.1) is 16.5 Å². The summed E-state index contributed by atoms with van der Waals surface area (Å²) >= 11 is 0. The summed E-state index contributed by atoms with van der Waals surface area (Å²) in [6, 6.07) is 15.2. The van der Waals surface area contributed by atoms with E-state index in [0.717, 1.165) is 11.3 Å². The van der Waals surface area contributed by atoms with Crippen molar-refractivity contribution in [2.24, 2.45) is 0 Å². The molecule has 1 atom stereocenters. The van der Waals surface area contributed by atoms with Gasteiger partial charge in [-0.2, -0.15) is 4.31 Å². The first-order chi connectivity index (χ1) is 16.4. The maximum absolute atomic E-state index is 13.5. The zero-order chi connectivity index (χ0) is 23.8. The summed E-state index contributed by atoms with van der Waals surface area (Å²) in [5, 5.41) is 11.1. The number of piperidine rings is 1. The maximum atomic E-state index is 13.5. The predicted molar refractivity (Wildman–Crippen MR) is 126 cm³/mol. The van der Waals surface area contributed by atoms with Crippen molar-refractivity contribution >= 4 is 15.9 Å². The molecule has 0 bridgehead atoms.